The standard InChI is InChI=1S/C14H11Cl2N3/c1-8-5-6-9(15)7-12(8)19-11-4-2-3-10(16)13(11)18-14(19)17/h2-7H,1H3,(H2,17,18). The van der Waals surface area contributed by atoms with Gasteiger partial charge in [-0.05, 0) is 36.8 Å². The van der Waals surface area contributed by atoms with Crippen molar-refractivity contribution in [1.82, 2.24) is 9.55 Å². The molecule has 19 heavy (non-hydrogen) atoms. The summed E-state index contributed by atoms with van der Waals surface area (Å²) in [6.45, 7) is 2.00. The van der Waals surface area contributed by atoms with Crippen LogP contribution in [-0.4, -0.2) is 9.55 Å². The van der Waals surface area contributed by atoms with E-state index in [2.05, 4.69) is 4.98 Å². The number of imidazole rings is 1. The number of nitrogen functional groups attached to an aromatic ring is 1. The van der Waals surface area contributed by atoms with Crippen molar-refractivity contribution < 1.29 is 0 Å². The molecule has 1 aromatic heterocycles. The van der Waals surface area contributed by atoms with Crippen molar-refractivity contribution >= 4 is 40.2 Å². The number of hydrogen-bond acceptors (Lipinski definition) is 2. The van der Waals surface area contributed by atoms with E-state index in [-0.39, 0.29) is 0 Å². The van der Waals surface area contributed by atoms with Crippen molar-refractivity contribution in [3.63, 3.8) is 0 Å². The average Bonchev–Trinajstić information content (AvgIpc) is 2.70. The molecule has 0 saturated heterocycles. The normalized spacial score (nSPS) is 11.1. The molecule has 2 N–H and O–H groups in total. The lowest BCUT2D eigenvalue weighted by Gasteiger charge is -2.10. The Kier molecular flexibility index (Phi) is 2.88. The Labute approximate surface area is 120 Å². The number of para-hydroxylation sites is 1. The van der Waals surface area contributed by atoms with Gasteiger partial charge in [-0.3, -0.25) is 4.57 Å². The predicted molar refractivity (Wildman–Crippen MR) is 80.2 cm³/mol. The molecule has 1 heterocycles. The van der Waals surface area contributed by atoms with E-state index in [9.17, 15) is 0 Å². The molecule has 0 unspecified atom stereocenters. The minimum Gasteiger partial charge on any atom is -0.369 e. The number of fused-ring (bicyclic) bond motifs is 1. The highest BCUT2D eigenvalue weighted by Gasteiger charge is 2.13. The molecule has 3 aromatic rings. The Morgan fingerprint density at radius 3 is 2.74 bits per heavy atom. The maximum absolute atomic E-state index is 6.14. The van der Waals surface area contributed by atoms with Gasteiger partial charge < -0.3 is 5.73 Å². The van der Waals surface area contributed by atoms with E-state index in [4.69, 9.17) is 28.9 Å². The third-order valence-electron chi connectivity index (χ3n) is 3.07. The van der Waals surface area contributed by atoms with Crippen molar-refractivity contribution in [2.75, 3.05) is 5.73 Å². The smallest absolute Gasteiger partial charge is 0.205 e. The quantitative estimate of drug-likeness (QED) is 0.729. The molecule has 2 aromatic carbocycles. The molecule has 5 heteroatoms. The lowest BCUT2D eigenvalue weighted by molar-refractivity contribution is 1.09. The first kappa shape index (κ1) is 12.3. The molecule has 0 saturated carbocycles. The maximum atomic E-state index is 6.14. The van der Waals surface area contributed by atoms with Crippen molar-refractivity contribution in [3.05, 3.63) is 52.0 Å². The lowest BCUT2D eigenvalue weighted by Crippen LogP contribution is -2.02. The molecule has 0 radical (unpaired) electrons. The van der Waals surface area contributed by atoms with Crippen molar-refractivity contribution in [1.29, 1.82) is 0 Å². The van der Waals surface area contributed by atoms with Gasteiger partial charge in [-0.25, -0.2) is 4.98 Å². The molecule has 3 rings (SSSR count). The summed E-state index contributed by atoms with van der Waals surface area (Å²) in [7, 11) is 0. The largest absolute Gasteiger partial charge is 0.369 e. The van der Waals surface area contributed by atoms with Gasteiger partial charge in [0.2, 0.25) is 5.95 Å². The van der Waals surface area contributed by atoms with Crippen LogP contribution in [0.4, 0.5) is 5.95 Å². The maximum Gasteiger partial charge on any atom is 0.205 e. The molecule has 0 amide bonds. The molecule has 96 valence electrons. The second kappa shape index (κ2) is 4.44. The highest BCUT2D eigenvalue weighted by Crippen LogP contribution is 2.30. The van der Waals surface area contributed by atoms with Gasteiger partial charge in [0.25, 0.3) is 0 Å². The first-order valence-corrected chi connectivity index (χ1v) is 6.52. The minimum atomic E-state index is 0.397. The molecular weight excluding hydrogens is 281 g/mol. The molecule has 0 aliphatic rings. The Bertz CT molecular complexity index is 778. The fraction of sp³-hybridized carbons (Fsp3) is 0.0714. The predicted octanol–water partition coefficient (Wildman–Crippen LogP) is 4.22. The summed E-state index contributed by atoms with van der Waals surface area (Å²) in [5.74, 6) is 0.397. The van der Waals surface area contributed by atoms with Crippen LogP contribution in [0, 0.1) is 6.92 Å². The van der Waals surface area contributed by atoms with Crippen LogP contribution in [0.25, 0.3) is 16.7 Å². The van der Waals surface area contributed by atoms with Gasteiger partial charge >= 0.3 is 0 Å². The summed E-state index contributed by atoms with van der Waals surface area (Å²) >= 11 is 12.2. The molecule has 0 spiro atoms. The Hall–Kier alpha value is -1.71. The summed E-state index contributed by atoms with van der Waals surface area (Å²) in [5.41, 5.74) is 9.57. The first-order chi connectivity index (χ1) is 9.08. The van der Waals surface area contributed by atoms with E-state index in [1.165, 1.54) is 0 Å². The number of aromatic nitrogens is 2. The van der Waals surface area contributed by atoms with Crippen LogP contribution in [0.5, 0.6) is 0 Å². The fourth-order valence-electron chi connectivity index (χ4n) is 2.16. The number of aryl methyl sites for hydroxylation is 1. The van der Waals surface area contributed by atoms with Gasteiger partial charge in [-0.2, -0.15) is 0 Å². The highest BCUT2D eigenvalue weighted by molar-refractivity contribution is 6.35. The number of rotatable bonds is 1. The molecule has 0 atom stereocenters. The Balaban J connectivity index is 2.39. The molecular formula is C14H11Cl2N3. The summed E-state index contributed by atoms with van der Waals surface area (Å²) < 4.78 is 1.86. The van der Waals surface area contributed by atoms with Crippen molar-refractivity contribution in [3.8, 4) is 5.69 Å². The van der Waals surface area contributed by atoms with Crippen LogP contribution in [0.2, 0.25) is 10.0 Å². The van der Waals surface area contributed by atoms with Crippen LogP contribution in [0.1, 0.15) is 5.56 Å². The summed E-state index contributed by atoms with van der Waals surface area (Å²) in [4.78, 5) is 4.33. The third kappa shape index (κ3) is 1.95. The Morgan fingerprint density at radius 2 is 1.95 bits per heavy atom. The monoisotopic (exact) mass is 291 g/mol. The number of hydrogen-bond donors (Lipinski definition) is 1. The first-order valence-electron chi connectivity index (χ1n) is 5.77. The minimum absolute atomic E-state index is 0.397. The third-order valence-corrected chi connectivity index (χ3v) is 3.61. The van der Waals surface area contributed by atoms with Crippen LogP contribution < -0.4 is 5.73 Å². The van der Waals surface area contributed by atoms with E-state index in [0.717, 1.165) is 16.8 Å². The van der Waals surface area contributed by atoms with Gasteiger partial charge in [0.15, 0.2) is 0 Å². The topological polar surface area (TPSA) is 43.8 Å². The highest BCUT2D eigenvalue weighted by atomic mass is 35.5. The summed E-state index contributed by atoms with van der Waals surface area (Å²) in [6, 6.07) is 11.3. The van der Waals surface area contributed by atoms with Crippen molar-refractivity contribution in [2.45, 2.75) is 6.92 Å². The number of nitrogens with two attached hydrogens (primary N) is 1. The van der Waals surface area contributed by atoms with E-state index in [0.29, 0.717) is 21.5 Å². The molecule has 3 nitrogen and oxygen atoms in total. The fourth-order valence-corrected chi connectivity index (χ4v) is 2.54. The van der Waals surface area contributed by atoms with Gasteiger partial charge in [-0.1, -0.05) is 35.3 Å². The van der Waals surface area contributed by atoms with E-state index in [1.54, 1.807) is 6.07 Å². The molecule has 0 aliphatic heterocycles. The second-order valence-corrected chi connectivity index (χ2v) is 5.19. The van der Waals surface area contributed by atoms with Crippen LogP contribution in [0.3, 0.4) is 0 Å². The molecule has 0 bridgehead atoms. The van der Waals surface area contributed by atoms with Gasteiger partial charge in [0, 0.05) is 5.02 Å². The lowest BCUT2D eigenvalue weighted by atomic mass is 10.2. The second-order valence-electron chi connectivity index (χ2n) is 4.34. The van der Waals surface area contributed by atoms with Gasteiger partial charge in [0.1, 0.15) is 5.52 Å². The van der Waals surface area contributed by atoms with Crippen molar-refractivity contribution in [2.24, 2.45) is 0 Å². The number of nitrogens with zero attached hydrogens (tertiary/aromatic N) is 2. The van der Waals surface area contributed by atoms with Crippen LogP contribution in [-0.2, 0) is 0 Å². The van der Waals surface area contributed by atoms with E-state index in [1.807, 2.05) is 41.8 Å². The molecule has 0 aliphatic carbocycles. The molecule has 0 fully saturated rings. The van der Waals surface area contributed by atoms with Crippen LogP contribution in [0.15, 0.2) is 36.4 Å². The van der Waals surface area contributed by atoms with E-state index >= 15 is 0 Å². The SMILES string of the molecule is Cc1ccc(Cl)cc1-n1c(N)nc2c(Cl)cccc21. The zero-order chi connectivity index (χ0) is 13.6. The van der Waals surface area contributed by atoms with Gasteiger partial charge in [0.05, 0.1) is 16.2 Å². The zero-order valence-corrected chi connectivity index (χ0v) is 11.7. The number of benzene rings is 2. The van der Waals surface area contributed by atoms with Gasteiger partial charge in [-0.15, -0.1) is 0 Å². The van der Waals surface area contributed by atoms with E-state index < -0.39 is 0 Å². The number of anilines is 1. The number of halogens is 2. The average molecular weight is 292 g/mol. The summed E-state index contributed by atoms with van der Waals surface area (Å²) in [6.07, 6.45) is 0. The summed E-state index contributed by atoms with van der Waals surface area (Å²) in [5, 5.41) is 1.24. The zero-order valence-electron chi connectivity index (χ0n) is 10.2. The van der Waals surface area contributed by atoms with Crippen LogP contribution >= 0.6 is 23.2 Å². The Morgan fingerprint density at radius 1 is 1.16 bits per heavy atom.